The van der Waals surface area contributed by atoms with Crippen molar-refractivity contribution in [3.8, 4) is 22.3 Å². The number of thiophene rings is 1. The number of benzene rings is 3. The zero-order chi connectivity index (χ0) is 25.2. The van der Waals surface area contributed by atoms with Crippen molar-refractivity contribution in [1.29, 1.82) is 0 Å². The summed E-state index contributed by atoms with van der Waals surface area (Å²) in [6, 6.07) is 24.0. The van der Waals surface area contributed by atoms with E-state index in [-0.39, 0.29) is 17.2 Å². The van der Waals surface area contributed by atoms with E-state index in [1.165, 1.54) is 29.2 Å². The molecule has 5 rings (SSSR count). The van der Waals surface area contributed by atoms with E-state index in [0.717, 1.165) is 22.3 Å². The van der Waals surface area contributed by atoms with Crippen LogP contribution in [0.1, 0.15) is 30.2 Å². The summed E-state index contributed by atoms with van der Waals surface area (Å²) in [5.74, 6) is -0.397. The number of Topliss-reactive ketones (excluding diaryl/α,β-unsaturated/α-hetero) is 1. The smallest absolute Gasteiger partial charge is 0.263 e. The van der Waals surface area contributed by atoms with Crippen LogP contribution in [0.2, 0.25) is 0 Å². The van der Waals surface area contributed by atoms with Gasteiger partial charge in [0.05, 0.1) is 11.7 Å². The van der Waals surface area contributed by atoms with Crippen LogP contribution in [0.3, 0.4) is 0 Å². The summed E-state index contributed by atoms with van der Waals surface area (Å²) in [6.07, 6.45) is 1.42. The van der Waals surface area contributed by atoms with Crippen molar-refractivity contribution in [2.75, 3.05) is 5.32 Å². The molecule has 0 aliphatic heterocycles. The Kier molecular flexibility index (Phi) is 6.31. The molecule has 1 unspecified atom stereocenters. The lowest BCUT2D eigenvalue weighted by Gasteiger charge is -2.15. The molecule has 0 spiro atoms. The van der Waals surface area contributed by atoms with Crippen LogP contribution in [-0.4, -0.2) is 21.2 Å². The molecule has 0 saturated carbocycles. The molecule has 36 heavy (non-hydrogen) atoms. The summed E-state index contributed by atoms with van der Waals surface area (Å²) in [5, 5.41) is 5.24. The Hall–Kier alpha value is -4.36. The molecule has 7 heteroatoms. The van der Waals surface area contributed by atoms with E-state index in [9.17, 15) is 14.4 Å². The molecule has 0 fully saturated rings. The second-order valence-electron chi connectivity index (χ2n) is 8.53. The van der Waals surface area contributed by atoms with Crippen LogP contribution in [0.25, 0.3) is 32.5 Å². The number of nitrogens with one attached hydrogen (secondary N) is 1. The normalized spacial score (nSPS) is 11.8. The largest absolute Gasteiger partial charge is 0.324 e. The van der Waals surface area contributed by atoms with Crippen molar-refractivity contribution < 1.29 is 9.59 Å². The Morgan fingerprint density at radius 3 is 2.19 bits per heavy atom. The number of amides is 1. The monoisotopic (exact) mass is 493 g/mol. The van der Waals surface area contributed by atoms with E-state index >= 15 is 0 Å². The predicted octanol–water partition coefficient (Wildman–Crippen LogP) is 6.19. The van der Waals surface area contributed by atoms with E-state index in [4.69, 9.17) is 0 Å². The van der Waals surface area contributed by atoms with Crippen LogP contribution in [0, 0.1) is 0 Å². The first-order chi connectivity index (χ1) is 17.4. The second kappa shape index (κ2) is 9.71. The number of aromatic nitrogens is 2. The van der Waals surface area contributed by atoms with Crippen LogP contribution >= 0.6 is 11.3 Å². The molecule has 1 amide bonds. The minimum atomic E-state index is -0.782. The molecule has 1 N–H and O–H groups in total. The average molecular weight is 494 g/mol. The number of rotatable bonds is 6. The number of hydrogen-bond donors (Lipinski definition) is 1. The van der Waals surface area contributed by atoms with Gasteiger partial charge >= 0.3 is 0 Å². The molecule has 2 heterocycles. The Bertz CT molecular complexity index is 1620. The summed E-state index contributed by atoms with van der Waals surface area (Å²) in [4.78, 5) is 43.0. The zero-order valence-electron chi connectivity index (χ0n) is 19.8. The molecule has 2 aromatic heterocycles. The van der Waals surface area contributed by atoms with Gasteiger partial charge in [0.25, 0.3) is 5.56 Å². The number of anilines is 1. The van der Waals surface area contributed by atoms with Gasteiger partial charge in [-0.15, -0.1) is 11.3 Å². The molecule has 178 valence electrons. The Balaban J connectivity index is 1.44. The highest BCUT2D eigenvalue weighted by Gasteiger charge is 2.20. The molecule has 0 bridgehead atoms. The van der Waals surface area contributed by atoms with E-state index in [2.05, 4.69) is 22.4 Å². The van der Waals surface area contributed by atoms with Crippen molar-refractivity contribution in [3.63, 3.8) is 0 Å². The van der Waals surface area contributed by atoms with Crippen LogP contribution in [0.15, 0.2) is 95.4 Å². The first-order valence-electron chi connectivity index (χ1n) is 11.5. The van der Waals surface area contributed by atoms with Crippen LogP contribution in [-0.2, 0) is 4.79 Å². The number of hydrogen-bond acceptors (Lipinski definition) is 5. The van der Waals surface area contributed by atoms with Gasteiger partial charge in [0.15, 0.2) is 5.78 Å². The minimum Gasteiger partial charge on any atom is -0.324 e. The van der Waals surface area contributed by atoms with Gasteiger partial charge in [0.1, 0.15) is 10.9 Å². The van der Waals surface area contributed by atoms with Gasteiger partial charge in [-0.25, -0.2) is 4.98 Å². The molecule has 1 atom stereocenters. The minimum absolute atomic E-state index is 0.0477. The summed E-state index contributed by atoms with van der Waals surface area (Å²) in [7, 11) is 0. The fraction of sp³-hybridized carbons (Fsp3) is 0.103. The van der Waals surface area contributed by atoms with Gasteiger partial charge < -0.3 is 5.32 Å². The number of carbonyl (C=O) groups excluding carboxylic acids is 2. The predicted molar refractivity (Wildman–Crippen MR) is 145 cm³/mol. The van der Waals surface area contributed by atoms with Gasteiger partial charge in [0.2, 0.25) is 5.91 Å². The molecule has 0 saturated heterocycles. The van der Waals surface area contributed by atoms with Gasteiger partial charge in [0, 0.05) is 22.2 Å². The summed E-state index contributed by atoms with van der Waals surface area (Å²) < 4.78 is 1.36. The standard InChI is InChI=1S/C29H23N3O3S/c1-18(27(34)31-24-14-12-20(13-15-24)19(2)33)32-17-30-28-26(29(32)35)25(16-36-28)23-10-8-22(9-11-23)21-6-4-3-5-7-21/h3-18H,1-2H3,(H,31,34). The maximum atomic E-state index is 13.5. The first kappa shape index (κ1) is 23.4. The summed E-state index contributed by atoms with van der Waals surface area (Å²) >= 11 is 1.41. The van der Waals surface area contributed by atoms with Crippen molar-refractivity contribution in [2.45, 2.75) is 19.9 Å². The van der Waals surface area contributed by atoms with Crippen LogP contribution in [0.4, 0.5) is 5.69 Å². The lowest BCUT2D eigenvalue weighted by molar-refractivity contribution is -0.118. The molecule has 0 aliphatic rings. The number of carbonyl (C=O) groups is 2. The molecule has 0 aliphatic carbocycles. The summed E-state index contributed by atoms with van der Waals surface area (Å²) in [6.45, 7) is 3.15. The quantitative estimate of drug-likeness (QED) is 0.286. The third kappa shape index (κ3) is 4.48. The maximum absolute atomic E-state index is 13.5. The molecule has 6 nitrogen and oxygen atoms in total. The summed E-state index contributed by atoms with van der Waals surface area (Å²) in [5.41, 5.74) is 4.78. The molecular formula is C29H23N3O3S. The Morgan fingerprint density at radius 1 is 0.889 bits per heavy atom. The van der Waals surface area contributed by atoms with Crippen molar-refractivity contribution in [1.82, 2.24) is 9.55 Å². The first-order valence-corrected chi connectivity index (χ1v) is 12.4. The fourth-order valence-corrected chi connectivity index (χ4v) is 4.97. The van der Waals surface area contributed by atoms with Gasteiger partial charge in [-0.2, -0.15) is 0 Å². The highest BCUT2D eigenvalue weighted by Crippen LogP contribution is 2.32. The number of nitrogens with zero attached hydrogens (tertiary/aromatic N) is 2. The van der Waals surface area contributed by atoms with E-state index in [1.807, 2.05) is 47.8 Å². The third-order valence-corrected chi connectivity index (χ3v) is 7.06. The molecule has 3 aromatic carbocycles. The van der Waals surface area contributed by atoms with Crippen molar-refractivity contribution >= 4 is 38.9 Å². The van der Waals surface area contributed by atoms with Gasteiger partial charge in [-0.1, -0.05) is 54.6 Å². The lowest BCUT2D eigenvalue weighted by Crippen LogP contribution is -2.31. The highest BCUT2D eigenvalue weighted by atomic mass is 32.1. The van der Waals surface area contributed by atoms with Gasteiger partial charge in [-0.05, 0) is 54.8 Å². The Labute approximate surface area is 211 Å². The average Bonchev–Trinajstić information content (AvgIpc) is 3.34. The van der Waals surface area contributed by atoms with Gasteiger partial charge in [-0.3, -0.25) is 19.0 Å². The van der Waals surface area contributed by atoms with E-state index in [0.29, 0.717) is 21.5 Å². The fourth-order valence-electron chi connectivity index (χ4n) is 4.07. The zero-order valence-corrected chi connectivity index (χ0v) is 20.6. The topological polar surface area (TPSA) is 81.1 Å². The molecule has 0 radical (unpaired) electrons. The highest BCUT2D eigenvalue weighted by molar-refractivity contribution is 7.17. The van der Waals surface area contributed by atoms with E-state index < -0.39 is 6.04 Å². The number of fused-ring (bicyclic) bond motifs is 1. The van der Waals surface area contributed by atoms with Crippen molar-refractivity contribution in [3.05, 3.63) is 106 Å². The SMILES string of the molecule is CC(=O)c1ccc(NC(=O)C(C)n2cnc3scc(-c4ccc(-c5ccccc5)cc4)c3c2=O)cc1. The lowest BCUT2D eigenvalue weighted by atomic mass is 10.0. The van der Waals surface area contributed by atoms with E-state index in [1.54, 1.807) is 31.2 Å². The van der Waals surface area contributed by atoms with Crippen LogP contribution < -0.4 is 10.9 Å². The third-order valence-electron chi connectivity index (χ3n) is 6.18. The Morgan fingerprint density at radius 2 is 1.53 bits per heavy atom. The maximum Gasteiger partial charge on any atom is 0.263 e. The number of ketones is 1. The molecule has 5 aromatic rings. The van der Waals surface area contributed by atoms with Crippen LogP contribution in [0.5, 0.6) is 0 Å². The van der Waals surface area contributed by atoms with Crippen molar-refractivity contribution in [2.24, 2.45) is 0 Å². The molecular weight excluding hydrogens is 470 g/mol. The second-order valence-corrected chi connectivity index (χ2v) is 9.39.